The molecule has 0 aromatic carbocycles. The van der Waals surface area contributed by atoms with Gasteiger partial charge in [-0.15, -0.1) is 0 Å². The fourth-order valence-corrected chi connectivity index (χ4v) is 1.01. The van der Waals surface area contributed by atoms with Crippen LogP contribution in [0.4, 0.5) is 0 Å². The topological polar surface area (TPSA) is 0 Å². The number of rotatable bonds is 2. The summed E-state index contributed by atoms with van der Waals surface area (Å²) in [5, 5.41) is 0. The van der Waals surface area contributed by atoms with E-state index in [-0.39, 0.29) is 173 Å². The fourth-order valence-electron chi connectivity index (χ4n) is 1.01. The molecule has 0 saturated heterocycles. The Morgan fingerprint density at radius 1 is 0.867 bits per heavy atom. The first-order valence-electron chi connectivity index (χ1n) is 3.61. The molecule has 15 heavy (non-hydrogen) atoms. The Balaban J connectivity index is -0.0000000213. The van der Waals surface area contributed by atoms with Gasteiger partial charge in [0.25, 0.3) is 0 Å². The molecule has 0 fully saturated rings. The second-order valence-corrected chi connectivity index (χ2v) is 3.64. The van der Waals surface area contributed by atoms with Crippen molar-refractivity contribution in [3.05, 3.63) is 13.8 Å². The van der Waals surface area contributed by atoms with E-state index in [1.54, 1.807) is 0 Å². The third-order valence-electron chi connectivity index (χ3n) is 1.92. The normalized spacial score (nSPS) is 7.60. The van der Waals surface area contributed by atoms with Gasteiger partial charge in [0.05, 0.1) is 0 Å². The quantitative estimate of drug-likeness (QED) is 0.376. The molecule has 0 rings (SSSR count). The van der Waals surface area contributed by atoms with Crippen LogP contribution in [0, 0.1) is 25.2 Å². The summed E-state index contributed by atoms with van der Waals surface area (Å²) in [4.78, 5) is 0. The maximum absolute atomic E-state index is 3.88. The SMILES string of the molecule is [CH2-]CC(C[CH2-])C(C)(C)C.[W+2].[W].[Y].[Y].[Y].[Y]. The summed E-state index contributed by atoms with van der Waals surface area (Å²) >= 11 is 0. The molecule has 0 spiro atoms. The first-order valence-corrected chi connectivity index (χ1v) is 3.61. The minimum Gasteiger partial charge on any atom is -0.343 e. The molecule has 4 radical (unpaired) electrons. The molecule has 0 heterocycles. The predicted molar refractivity (Wildman–Crippen MR) is 42.9 cm³/mol. The maximum Gasteiger partial charge on any atom is 2.00 e. The minimum atomic E-state index is 0. The van der Waals surface area contributed by atoms with Gasteiger partial charge in [-0.25, -0.2) is 0 Å². The first kappa shape index (κ1) is 42.8. The van der Waals surface area contributed by atoms with Gasteiger partial charge in [0.2, 0.25) is 0 Å². The summed E-state index contributed by atoms with van der Waals surface area (Å²) < 4.78 is 0. The Kier molecular flexibility index (Phi) is 70.8. The van der Waals surface area contributed by atoms with Crippen molar-refractivity contribution in [1.82, 2.24) is 0 Å². The smallest absolute Gasteiger partial charge is 0.343 e. The summed E-state index contributed by atoms with van der Waals surface area (Å²) in [6, 6.07) is 0. The van der Waals surface area contributed by atoms with Gasteiger partial charge in [0.1, 0.15) is 0 Å². The van der Waals surface area contributed by atoms with Crippen LogP contribution in [0.2, 0.25) is 0 Å². The van der Waals surface area contributed by atoms with Gasteiger partial charge in [-0.1, -0.05) is 26.7 Å². The summed E-state index contributed by atoms with van der Waals surface area (Å²) in [5.41, 5.74) is 0.392. The second kappa shape index (κ2) is 24.8. The summed E-state index contributed by atoms with van der Waals surface area (Å²) in [7, 11) is 0. The molecule has 0 aromatic heterocycles. The van der Waals surface area contributed by atoms with Gasteiger partial charge in [-0.2, -0.15) is 12.8 Å². The van der Waals surface area contributed by atoms with Gasteiger partial charge in [-0.05, 0) is 5.41 Å². The summed E-state index contributed by atoms with van der Waals surface area (Å²) in [5.74, 6) is 0.678. The molecule has 6 heteroatoms. The first-order chi connectivity index (χ1) is 4.02. The Hall–Kier alpha value is 5.79. The third kappa shape index (κ3) is 25.1. The van der Waals surface area contributed by atoms with Crippen LogP contribution in [0.25, 0.3) is 0 Å². The average Bonchev–Trinajstić information content (AvgIpc) is 1.65. The molecule has 0 N–H and O–H groups in total. The van der Waals surface area contributed by atoms with Crippen LogP contribution in [-0.4, -0.2) is 0 Å². The van der Waals surface area contributed by atoms with E-state index in [1.165, 1.54) is 0 Å². The van der Waals surface area contributed by atoms with Gasteiger partial charge in [0, 0.05) is 152 Å². The van der Waals surface area contributed by atoms with Gasteiger partial charge < -0.3 is 13.8 Å². The van der Waals surface area contributed by atoms with Crippen molar-refractivity contribution < 1.29 is 173 Å². The van der Waals surface area contributed by atoms with E-state index in [1.807, 2.05) is 0 Å². The van der Waals surface area contributed by atoms with Crippen LogP contribution in [0.15, 0.2) is 0 Å². The average molecular weight is 850 g/mol. The predicted octanol–water partition coefficient (Wildman–Crippen LogP) is 3.08. The minimum absolute atomic E-state index is 0. The zero-order chi connectivity index (χ0) is 7.49. The molecule has 0 aromatic rings. The van der Waals surface area contributed by atoms with Crippen molar-refractivity contribution in [2.75, 3.05) is 0 Å². The number of hydrogen-bond donors (Lipinski definition) is 0. The van der Waals surface area contributed by atoms with E-state index in [9.17, 15) is 0 Å². The van der Waals surface area contributed by atoms with E-state index in [0.29, 0.717) is 11.3 Å². The van der Waals surface area contributed by atoms with E-state index in [4.69, 9.17) is 0 Å². The molecule has 0 atom stereocenters. The van der Waals surface area contributed by atoms with Crippen molar-refractivity contribution in [1.29, 1.82) is 0 Å². The summed E-state index contributed by atoms with van der Waals surface area (Å²) in [6.45, 7) is 14.5. The molecule has 0 bridgehead atoms. The molecule has 0 aliphatic carbocycles. The fraction of sp³-hybridized carbons (Fsp3) is 0.778. The van der Waals surface area contributed by atoms with E-state index < -0.39 is 0 Å². The van der Waals surface area contributed by atoms with Crippen LogP contribution in [0.5, 0.6) is 0 Å². The van der Waals surface area contributed by atoms with Crippen LogP contribution >= 0.6 is 0 Å². The van der Waals surface area contributed by atoms with Gasteiger partial charge in [-0.3, -0.25) is 0 Å². The van der Waals surface area contributed by atoms with Crippen molar-refractivity contribution in [2.45, 2.75) is 33.6 Å². The maximum atomic E-state index is 3.88. The van der Waals surface area contributed by atoms with Gasteiger partial charge >= 0.3 is 21.1 Å². The van der Waals surface area contributed by atoms with Crippen LogP contribution < -0.4 is 0 Å². The molecule has 0 nitrogen and oxygen atoms in total. The number of hydrogen-bond acceptors (Lipinski definition) is 0. The largest absolute Gasteiger partial charge is 2.00 e. The van der Waals surface area contributed by atoms with Crippen molar-refractivity contribution >= 4 is 0 Å². The summed E-state index contributed by atoms with van der Waals surface area (Å²) in [6.07, 6.45) is 2.01. The Bertz CT molecular complexity index is 82.7. The van der Waals surface area contributed by atoms with Crippen LogP contribution in [-0.2, 0) is 173 Å². The Morgan fingerprint density at radius 3 is 1.07 bits per heavy atom. The van der Waals surface area contributed by atoms with Crippen LogP contribution in [0.1, 0.15) is 33.6 Å². The molecule has 0 saturated carbocycles. The van der Waals surface area contributed by atoms with Crippen molar-refractivity contribution in [2.24, 2.45) is 11.3 Å². The van der Waals surface area contributed by atoms with Crippen molar-refractivity contribution in [3.8, 4) is 0 Å². The molecule has 78 valence electrons. The second-order valence-electron chi connectivity index (χ2n) is 3.64. The standard InChI is InChI=1S/C9H18.2W.4Y/c1-6-8(7-2)9(3,4)5;;;;;;/h8H,1-2,6-7H2,3-5H3;;;;;;/q-2;;+2;;;;. The van der Waals surface area contributed by atoms with Gasteiger partial charge in [0.15, 0.2) is 0 Å². The van der Waals surface area contributed by atoms with E-state index >= 15 is 0 Å². The zero-order valence-electron chi connectivity index (χ0n) is 10.0. The van der Waals surface area contributed by atoms with E-state index in [0.717, 1.165) is 12.8 Å². The van der Waals surface area contributed by atoms with Crippen molar-refractivity contribution in [3.63, 3.8) is 0 Å². The zero-order valence-corrected chi connectivity index (χ0v) is 27.3. The Morgan fingerprint density at radius 2 is 1.07 bits per heavy atom. The third-order valence-corrected chi connectivity index (χ3v) is 1.92. The molecule has 0 unspecified atom stereocenters. The van der Waals surface area contributed by atoms with Crippen LogP contribution in [0.3, 0.4) is 0 Å². The molecule has 0 aliphatic heterocycles. The monoisotopic (exact) mass is 850 g/mol. The molecule has 0 amide bonds. The Labute approximate surface area is 226 Å². The molecular formula is C9H18W2Y4. The molecular weight excluding hydrogens is 831 g/mol. The van der Waals surface area contributed by atoms with E-state index in [2.05, 4.69) is 34.6 Å². The molecule has 0 aliphatic rings.